The number of hydrogen-bond acceptors (Lipinski definition) is 3. The third-order valence-corrected chi connectivity index (χ3v) is 5.74. The van der Waals surface area contributed by atoms with Crippen LogP contribution in [0.15, 0.2) is 89.7 Å². The van der Waals surface area contributed by atoms with Gasteiger partial charge in [-0.3, -0.25) is 9.48 Å². The summed E-state index contributed by atoms with van der Waals surface area (Å²) >= 11 is 3.44. The lowest BCUT2D eigenvalue weighted by molar-refractivity contribution is 0.0950. The molecule has 0 radical (unpaired) electrons. The van der Waals surface area contributed by atoms with Gasteiger partial charge >= 0.3 is 0 Å². The summed E-state index contributed by atoms with van der Waals surface area (Å²) in [4.78, 5) is 12.7. The highest BCUT2D eigenvalue weighted by molar-refractivity contribution is 9.10. The lowest BCUT2D eigenvalue weighted by atomic mass is 9.98. The summed E-state index contributed by atoms with van der Waals surface area (Å²) in [5.41, 5.74) is 4.98. The van der Waals surface area contributed by atoms with Gasteiger partial charge in [-0.15, -0.1) is 0 Å². The van der Waals surface area contributed by atoms with Crippen molar-refractivity contribution in [3.8, 4) is 16.9 Å². The Morgan fingerprint density at radius 3 is 2.61 bits per heavy atom. The summed E-state index contributed by atoms with van der Waals surface area (Å²) in [6, 6.07) is 23.8. The molecule has 0 saturated heterocycles. The Hall–Kier alpha value is -3.38. The topological polar surface area (TPSA) is 56.1 Å². The SMILES string of the molecule is COc1ccc(Br)c(C(=O)NCc2ccccc2-c2ccc(Cn3cccn3)cc2)c1. The number of carbonyl (C=O) groups excluding carboxylic acids is 1. The van der Waals surface area contributed by atoms with Gasteiger partial charge in [0.1, 0.15) is 5.75 Å². The number of hydrogen-bond donors (Lipinski definition) is 1. The number of nitrogens with one attached hydrogen (secondary N) is 1. The van der Waals surface area contributed by atoms with Crippen LogP contribution in [0.25, 0.3) is 11.1 Å². The number of amides is 1. The van der Waals surface area contributed by atoms with Crippen LogP contribution in [0.4, 0.5) is 0 Å². The molecule has 0 atom stereocenters. The molecule has 1 heterocycles. The number of aromatic nitrogens is 2. The second-order valence-corrected chi connectivity index (χ2v) is 7.94. The average Bonchev–Trinajstić information content (AvgIpc) is 3.32. The minimum absolute atomic E-state index is 0.157. The second kappa shape index (κ2) is 9.62. The predicted molar refractivity (Wildman–Crippen MR) is 125 cm³/mol. The molecule has 0 spiro atoms. The summed E-state index contributed by atoms with van der Waals surface area (Å²) in [5, 5.41) is 7.28. The van der Waals surface area contributed by atoms with Crippen molar-refractivity contribution in [3.05, 3.63) is 106 Å². The third-order valence-electron chi connectivity index (χ3n) is 5.04. The molecule has 1 N–H and O–H groups in total. The maximum absolute atomic E-state index is 12.7. The fourth-order valence-electron chi connectivity index (χ4n) is 3.40. The molecule has 31 heavy (non-hydrogen) atoms. The van der Waals surface area contributed by atoms with Crippen LogP contribution < -0.4 is 10.1 Å². The molecule has 0 aliphatic carbocycles. The van der Waals surface area contributed by atoms with Gasteiger partial charge in [-0.1, -0.05) is 48.5 Å². The van der Waals surface area contributed by atoms with Crippen LogP contribution >= 0.6 is 15.9 Å². The Morgan fingerprint density at radius 2 is 1.87 bits per heavy atom. The molecule has 4 rings (SSSR count). The van der Waals surface area contributed by atoms with E-state index in [0.717, 1.165) is 27.7 Å². The Balaban J connectivity index is 1.49. The standard InChI is InChI=1S/C25H22BrN3O2/c1-31-21-11-12-24(26)23(15-21)25(30)27-16-20-5-2-3-6-22(20)19-9-7-18(8-10-19)17-29-14-4-13-28-29/h2-15H,16-17H2,1H3,(H,27,30). The molecule has 0 aliphatic heterocycles. The maximum Gasteiger partial charge on any atom is 0.252 e. The molecule has 3 aromatic carbocycles. The van der Waals surface area contributed by atoms with Gasteiger partial charge in [0.25, 0.3) is 5.91 Å². The van der Waals surface area contributed by atoms with Crippen LogP contribution in [-0.2, 0) is 13.1 Å². The van der Waals surface area contributed by atoms with E-state index in [1.807, 2.05) is 47.3 Å². The van der Waals surface area contributed by atoms with Crippen molar-refractivity contribution in [2.24, 2.45) is 0 Å². The minimum Gasteiger partial charge on any atom is -0.497 e. The molecule has 4 aromatic rings. The second-order valence-electron chi connectivity index (χ2n) is 7.09. The molecule has 6 heteroatoms. The van der Waals surface area contributed by atoms with Crippen molar-refractivity contribution in [2.75, 3.05) is 7.11 Å². The molecule has 1 amide bonds. The van der Waals surface area contributed by atoms with E-state index in [2.05, 4.69) is 56.7 Å². The van der Waals surface area contributed by atoms with Crippen molar-refractivity contribution in [2.45, 2.75) is 13.1 Å². The zero-order chi connectivity index (χ0) is 21.6. The number of nitrogens with zero attached hydrogens (tertiary/aromatic N) is 2. The van der Waals surface area contributed by atoms with Crippen molar-refractivity contribution >= 4 is 21.8 Å². The molecule has 1 aromatic heterocycles. The predicted octanol–water partition coefficient (Wildman–Crippen LogP) is 5.30. The highest BCUT2D eigenvalue weighted by Gasteiger charge is 2.12. The van der Waals surface area contributed by atoms with Crippen LogP contribution in [0.2, 0.25) is 0 Å². The van der Waals surface area contributed by atoms with Gasteiger partial charge in [-0.25, -0.2) is 0 Å². The molecule has 0 fully saturated rings. The number of carbonyl (C=O) groups is 1. The molecule has 156 valence electrons. The average molecular weight is 476 g/mol. The smallest absolute Gasteiger partial charge is 0.252 e. The minimum atomic E-state index is -0.157. The zero-order valence-electron chi connectivity index (χ0n) is 17.1. The van der Waals surface area contributed by atoms with Gasteiger partial charge in [0.2, 0.25) is 0 Å². The molecule has 0 unspecified atom stereocenters. The maximum atomic E-state index is 12.7. The van der Waals surface area contributed by atoms with E-state index >= 15 is 0 Å². The number of halogens is 1. The fraction of sp³-hybridized carbons (Fsp3) is 0.120. The van der Waals surface area contributed by atoms with Gasteiger partial charge < -0.3 is 10.1 Å². The number of rotatable bonds is 7. The van der Waals surface area contributed by atoms with Crippen LogP contribution in [0.3, 0.4) is 0 Å². The first kappa shape index (κ1) is 20.9. The number of benzene rings is 3. The van der Waals surface area contributed by atoms with Crippen molar-refractivity contribution in [1.29, 1.82) is 0 Å². The van der Waals surface area contributed by atoms with Crippen LogP contribution in [0.1, 0.15) is 21.5 Å². The highest BCUT2D eigenvalue weighted by Crippen LogP contribution is 2.25. The summed E-state index contributed by atoms with van der Waals surface area (Å²) < 4.78 is 7.86. The van der Waals surface area contributed by atoms with E-state index < -0.39 is 0 Å². The Morgan fingerprint density at radius 1 is 1.06 bits per heavy atom. The Bertz CT molecular complexity index is 1170. The summed E-state index contributed by atoms with van der Waals surface area (Å²) in [5.74, 6) is 0.485. The number of ether oxygens (including phenoxy) is 1. The normalized spacial score (nSPS) is 10.6. The van der Waals surface area contributed by atoms with Crippen LogP contribution in [0.5, 0.6) is 5.75 Å². The lowest BCUT2D eigenvalue weighted by Gasteiger charge is -2.13. The van der Waals surface area contributed by atoms with Crippen LogP contribution in [-0.4, -0.2) is 22.8 Å². The van der Waals surface area contributed by atoms with E-state index in [1.54, 1.807) is 19.4 Å². The fourth-order valence-corrected chi connectivity index (χ4v) is 3.83. The molecule has 0 aliphatic rings. The first-order chi connectivity index (χ1) is 15.1. The van der Waals surface area contributed by atoms with Gasteiger partial charge in [0.15, 0.2) is 0 Å². The Labute approximate surface area is 189 Å². The molecular weight excluding hydrogens is 454 g/mol. The Kier molecular flexibility index (Phi) is 6.48. The zero-order valence-corrected chi connectivity index (χ0v) is 18.7. The summed E-state index contributed by atoms with van der Waals surface area (Å²) in [7, 11) is 1.58. The number of methoxy groups -OCH3 is 1. The quantitative estimate of drug-likeness (QED) is 0.394. The van der Waals surface area contributed by atoms with E-state index in [1.165, 1.54) is 5.56 Å². The molecule has 0 saturated carbocycles. The summed E-state index contributed by atoms with van der Waals surface area (Å²) in [6.07, 6.45) is 3.73. The van der Waals surface area contributed by atoms with E-state index in [4.69, 9.17) is 4.74 Å². The lowest BCUT2D eigenvalue weighted by Crippen LogP contribution is -2.23. The summed E-state index contributed by atoms with van der Waals surface area (Å²) in [6.45, 7) is 1.16. The van der Waals surface area contributed by atoms with Gasteiger partial charge in [-0.05, 0) is 62.4 Å². The van der Waals surface area contributed by atoms with E-state index in [-0.39, 0.29) is 5.91 Å². The first-order valence-corrected chi connectivity index (χ1v) is 10.7. The van der Waals surface area contributed by atoms with Crippen molar-refractivity contribution in [1.82, 2.24) is 15.1 Å². The molecular formula is C25H22BrN3O2. The van der Waals surface area contributed by atoms with E-state index in [0.29, 0.717) is 17.9 Å². The van der Waals surface area contributed by atoms with E-state index in [9.17, 15) is 4.79 Å². The van der Waals surface area contributed by atoms with Gasteiger partial charge in [0.05, 0.1) is 19.2 Å². The highest BCUT2D eigenvalue weighted by atomic mass is 79.9. The first-order valence-electron chi connectivity index (χ1n) is 9.90. The van der Waals surface area contributed by atoms with Crippen molar-refractivity contribution < 1.29 is 9.53 Å². The molecule has 0 bridgehead atoms. The largest absolute Gasteiger partial charge is 0.497 e. The van der Waals surface area contributed by atoms with Crippen molar-refractivity contribution in [3.63, 3.8) is 0 Å². The third kappa shape index (κ3) is 5.03. The van der Waals surface area contributed by atoms with Crippen LogP contribution in [0, 0.1) is 0 Å². The van der Waals surface area contributed by atoms with Gasteiger partial charge in [-0.2, -0.15) is 5.10 Å². The molecule has 5 nitrogen and oxygen atoms in total. The van der Waals surface area contributed by atoms with Gasteiger partial charge in [0, 0.05) is 23.4 Å². The monoisotopic (exact) mass is 475 g/mol.